The van der Waals surface area contributed by atoms with E-state index >= 15 is 0 Å². The molecule has 0 saturated carbocycles. The topological polar surface area (TPSA) is 66.3 Å². The Bertz CT molecular complexity index is 527. The van der Waals surface area contributed by atoms with Gasteiger partial charge in [-0.1, -0.05) is 6.07 Å². The molecule has 2 aromatic rings. The molecule has 0 bridgehead atoms. The summed E-state index contributed by atoms with van der Waals surface area (Å²) in [5.74, 6) is -0.990. The fourth-order valence-electron chi connectivity index (χ4n) is 1.46. The third kappa shape index (κ3) is 3.04. The van der Waals surface area contributed by atoms with E-state index in [1.807, 2.05) is 30.1 Å². The first-order valence-electron chi connectivity index (χ1n) is 5.46. The molecule has 2 aromatic heterocycles. The molecule has 0 aromatic carbocycles. The van der Waals surface area contributed by atoms with Crippen LogP contribution in [0.3, 0.4) is 0 Å². The number of thiazole rings is 1. The number of aromatic nitrogens is 2. The molecule has 2 rings (SSSR count). The van der Waals surface area contributed by atoms with Gasteiger partial charge in [0.2, 0.25) is 0 Å². The van der Waals surface area contributed by atoms with Crippen molar-refractivity contribution in [2.45, 2.75) is 6.42 Å². The number of rotatable bonds is 5. The van der Waals surface area contributed by atoms with Gasteiger partial charge >= 0.3 is 5.97 Å². The second-order valence-corrected chi connectivity index (χ2v) is 4.65. The van der Waals surface area contributed by atoms with Crippen LogP contribution in [0.2, 0.25) is 0 Å². The Balaban J connectivity index is 1.95. The van der Waals surface area contributed by atoms with Crippen LogP contribution in [-0.2, 0) is 6.42 Å². The summed E-state index contributed by atoms with van der Waals surface area (Å²) in [5, 5.41) is 11.1. The molecule has 0 saturated heterocycles. The van der Waals surface area contributed by atoms with Crippen LogP contribution in [0, 0.1) is 0 Å². The van der Waals surface area contributed by atoms with Crippen molar-refractivity contribution in [2.24, 2.45) is 0 Å². The van der Waals surface area contributed by atoms with Crippen LogP contribution in [0.4, 0.5) is 5.13 Å². The highest BCUT2D eigenvalue weighted by atomic mass is 32.1. The number of nitrogens with zero attached hydrogens (tertiary/aromatic N) is 3. The Labute approximate surface area is 109 Å². The van der Waals surface area contributed by atoms with Crippen LogP contribution in [0.1, 0.15) is 16.2 Å². The van der Waals surface area contributed by atoms with Crippen molar-refractivity contribution in [1.29, 1.82) is 0 Å². The minimum Gasteiger partial charge on any atom is -0.476 e. The molecule has 94 valence electrons. The quantitative estimate of drug-likeness (QED) is 0.892. The van der Waals surface area contributed by atoms with Crippen LogP contribution >= 0.6 is 11.3 Å². The second-order valence-electron chi connectivity index (χ2n) is 3.81. The molecule has 1 N–H and O–H groups in total. The van der Waals surface area contributed by atoms with E-state index in [1.54, 1.807) is 11.6 Å². The predicted molar refractivity (Wildman–Crippen MR) is 70.3 cm³/mol. The van der Waals surface area contributed by atoms with Crippen molar-refractivity contribution in [3.63, 3.8) is 0 Å². The van der Waals surface area contributed by atoms with E-state index in [9.17, 15) is 4.79 Å². The van der Waals surface area contributed by atoms with Gasteiger partial charge in [0.1, 0.15) is 0 Å². The standard InChI is InChI=1S/C12H13N3O2S/c1-15(7-5-9-4-2-3-6-13-9)12-14-10(8-18-12)11(16)17/h2-4,6,8H,5,7H2,1H3,(H,16,17). The Hall–Kier alpha value is -1.95. The number of pyridine rings is 1. The molecule has 0 atom stereocenters. The lowest BCUT2D eigenvalue weighted by molar-refractivity contribution is 0.0691. The summed E-state index contributed by atoms with van der Waals surface area (Å²) in [7, 11) is 1.90. The first kappa shape index (κ1) is 12.5. The van der Waals surface area contributed by atoms with E-state index in [-0.39, 0.29) is 5.69 Å². The summed E-state index contributed by atoms with van der Waals surface area (Å²) in [5.41, 5.74) is 1.11. The van der Waals surface area contributed by atoms with E-state index in [0.29, 0.717) is 5.13 Å². The van der Waals surface area contributed by atoms with Gasteiger partial charge in [-0.25, -0.2) is 9.78 Å². The molecule has 0 aliphatic rings. The zero-order valence-electron chi connectivity index (χ0n) is 9.91. The highest BCUT2D eigenvalue weighted by Gasteiger charge is 2.11. The zero-order valence-corrected chi connectivity index (χ0v) is 10.7. The number of likely N-dealkylation sites (N-methyl/N-ethyl adjacent to an activating group) is 1. The third-order valence-electron chi connectivity index (χ3n) is 2.47. The van der Waals surface area contributed by atoms with Gasteiger partial charge < -0.3 is 10.0 Å². The van der Waals surface area contributed by atoms with Gasteiger partial charge in [-0.05, 0) is 12.1 Å². The first-order chi connectivity index (χ1) is 8.66. The number of anilines is 1. The molecular formula is C12H13N3O2S. The average Bonchev–Trinajstić information content (AvgIpc) is 2.87. The van der Waals surface area contributed by atoms with E-state index in [1.165, 1.54) is 11.3 Å². The Kier molecular flexibility index (Phi) is 3.88. The summed E-state index contributed by atoms with van der Waals surface area (Å²) >= 11 is 1.33. The van der Waals surface area contributed by atoms with Crippen LogP contribution < -0.4 is 4.90 Å². The van der Waals surface area contributed by atoms with Gasteiger partial charge in [-0.15, -0.1) is 11.3 Å². The molecule has 0 aliphatic carbocycles. The lowest BCUT2D eigenvalue weighted by Gasteiger charge is -2.14. The maximum atomic E-state index is 10.7. The van der Waals surface area contributed by atoms with Crippen LogP contribution in [0.25, 0.3) is 0 Å². The zero-order chi connectivity index (χ0) is 13.0. The Morgan fingerprint density at radius 3 is 2.94 bits per heavy atom. The van der Waals surface area contributed by atoms with Gasteiger partial charge in [0.05, 0.1) is 0 Å². The number of carboxylic acid groups (broad SMARTS) is 1. The maximum absolute atomic E-state index is 10.7. The summed E-state index contributed by atoms with van der Waals surface area (Å²) in [4.78, 5) is 21.0. The Morgan fingerprint density at radius 2 is 2.33 bits per heavy atom. The first-order valence-corrected chi connectivity index (χ1v) is 6.34. The molecule has 0 unspecified atom stereocenters. The molecule has 0 spiro atoms. The normalized spacial score (nSPS) is 10.3. The number of carboxylic acids is 1. The third-order valence-corrected chi connectivity index (χ3v) is 3.42. The van der Waals surface area contributed by atoms with Crippen molar-refractivity contribution < 1.29 is 9.90 Å². The molecule has 5 nitrogen and oxygen atoms in total. The molecule has 0 fully saturated rings. The molecule has 6 heteroatoms. The van der Waals surface area contributed by atoms with Gasteiger partial charge in [-0.3, -0.25) is 4.98 Å². The summed E-state index contributed by atoms with van der Waals surface area (Å²) in [6.07, 6.45) is 2.57. The van der Waals surface area contributed by atoms with Gasteiger partial charge in [0, 0.05) is 37.3 Å². The summed E-state index contributed by atoms with van der Waals surface area (Å²) in [6.45, 7) is 0.754. The van der Waals surface area contributed by atoms with Crippen molar-refractivity contribution >= 4 is 22.4 Å². The number of aromatic carboxylic acids is 1. The maximum Gasteiger partial charge on any atom is 0.355 e. The average molecular weight is 263 g/mol. The highest BCUT2D eigenvalue weighted by Crippen LogP contribution is 2.19. The van der Waals surface area contributed by atoms with E-state index in [4.69, 9.17) is 5.11 Å². The molecule has 0 radical (unpaired) electrons. The largest absolute Gasteiger partial charge is 0.476 e. The van der Waals surface area contributed by atoms with Crippen molar-refractivity contribution in [1.82, 2.24) is 9.97 Å². The number of carbonyl (C=O) groups is 1. The molecule has 0 amide bonds. The smallest absolute Gasteiger partial charge is 0.355 e. The SMILES string of the molecule is CN(CCc1ccccn1)c1nc(C(=O)O)cs1. The lowest BCUT2D eigenvalue weighted by atomic mass is 10.2. The number of hydrogen-bond donors (Lipinski definition) is 1. The van der Waals surface area contributed by atoms with E-state index < -0.39 is 5.97 Å². The van der Waals surface area contributed by atoms with Gasteiger partial charge in [0.15, 0.2) is 10.8 Å². The molecule has 18 heavy (non-hydrogen) atoms. The minimum atomic E-state index is -0.990. The van der Waals surface area contributed by atoms with E-state index in [2.05, 4.69) is 9.97 Å². The van der Waals surface area contributed by atoms with Crippen LogP contribution in [0.5, 0.6) is 0 Å². The van der Waals surface area contributed by atoms with Gasteiger partial charge in [-0.2, -0.15) is 0 Å². The molecule has 2 heterocycles. The molecular weight excluding hydrogens is 250 g/mol. The monoisotopic (exact) mass is 263 g/mol. The number of hydrogen-bond acceptors (Lipinski definition) is 5. The highest BCUT2D eigenvalue weighted by molar-refractivity contribution is 7.13. The predicted octanol–water partition coefficient (Wildman–Crippen LogP) is 1.92. The van der Waals surface area contributed by atoms with Crippen LogP contribution in [0.15, 0.2) is 29.8 Å². The van der Waals surface area contributed by atoms with Crippen molar-refractivity contribution in [3.8, 4) is 0 Å². The summed E-state index contributed by atoms with van der Waals surface area (Å²) in [6, 6.07) is 5.81. The minimum absolute atomic E-state index is 0.0969. The van der Waals surface area contributed by atoms with Crippen molar-refractivity contribution in [2.75, 3.05) is 18.5 Å². The van der Waals surface area contributed by atoms with Crippen molar-refractivity contribution in [3.05, 3.63) is 41.2 Å². The molecule has 0 aliphatic heterocycles. The Morgan fingerprint density at radius 1 is 1.50 bits per heavy atom. The van der Waals surface area contributed by atoms with Gasteiger partial charge in [0.25, 0.3) is 0 Å². The fraction of sp³-hybridized carbons (Fsp3) is 0.250. The summed E-state index contributed by atoms with van der Waals surface area (Å²) < 4.78 is 0. The fourth-order valence-corrected chi connectivity index (χ4v) is 2.25. The second kappa shape index (κ2) is 5.59. The lowest BCUT2D eigenvalue weighted by Crippen LogP contribution is -2.20. The van der Waals surface area contributed by atoms with E-state index in [0.717, 1.165) is 18.7 Å². The van der Waals surface area contributed by atoms with Crippen LogP contribution in [-0.4, -0.2) is 34.6 Å².